The summed E-state index contributed by atoms with van der Waals surface area (Å²) < 4.78 is 0. The number of anilines is 4. The zero-order valence-electron chi connectivity index (χ0n) is 22.6. The van der Waals surface area contributed by atoms with Crippen LogP contribution in [0, 0.1) is 0 Å². The lowest BCUT2D eigenvalue weighted by atomic mass is 9.89. The smallest absolute Gasteiger partial charge is 0.0700 e. The molecule has 0 aliphatic carbocycles. The first kappa shape index (κ1) is 23.6. The molecule has 3 heteroatoms. The van der Waals surface area contributed by atoms with E-state index in [1.54, 1.807) is 0 Å². The van der Waals surface area contributed by atoms with E-state index in [-0.39, 0.29) is 6.04 Å². The summed E-state index contributed by atoms with van der Waals surface area (Å²) in [6.07, 6.45) is 0. The lowest BCUT2D eigenvalue weighted by Gasteiger charge is -2.37. The second-order valence-corrected chi connectivity index (χ2v) is 10.8. The highest BCUT2D eigenvalue weighted by Gasteiger charge is 2.28. The fraction of sp³-hybridized carbons (Fsp3) is 0.0526. The zero-order valence-corrected chi connectivity index (χ0v) is 22.6. The highest BCUT2D eigenvalue weighted by Crippen LogP contribution is 2.48. The molecule has 196 valence electrons. The molecule has 7 aromatic rings. The fourth-order valence-corrected chi connectivity index (χ4v) is 6.63. The molecule has 7 aromatic carbocycles. The van der Waals surface area contributed by atoms with Crippen molar-refractivity contribution in [1.29, 1.82) is 0 Å². The van der Waals surface area contributed by atoms with Crippen molar-refractivity contribution in [2.24, 2.45) is 0 Å². The Morgan fingerprint density at radius 2 is 1.20 bits per heavy atom. The number of fused-ring (bicyclic) bond motifs is 5. The van der Waals surface area contributed by atoms with Crippen LogP contribution in [-0.4, -0.2) is 6.54 Å². The third kappa shape index (κ3) is 3.81. The first-order chi connectivity index (χ1) is 20.3. The number of rotatable bonds is 5. The van der Waals surface area contributed by atoms with E-state index in [1.165, 1.54) is 60.4 Å². The van der Waals surface area contributed by atoms with Gasteiger partial charge in [-0.05, 0) is 68.4 Å². The Hall–Kier alpha value is -5.28. The summed E-state index contributed by atoms with van der Waals surface area (Å²) in [5.41, 5.74) is 14.5. The summed E-state index contributed by atoms with van der Waals surface area (Å²) in [5.74, 6) is 0. The maximum Gasteiger partial charge on any atom is 0.0700 e. The number of hydrogen-bond donors (Lipinski definition) is 2. The van der Waals surface area contributed by atoms with Gasteiger partial charge in [-0.1, -0.05) is 109 Å². The Labute approximate surface area is 239 Å². The van der Waals surface area contributed by atoms with Crippen molar-refractivity contribution < 1.29 is 0 Å². The number of para-hydroxylation sites is 3. The van der Waals surface area contributed by atoms with Crippen molar-refractivity contribution in [3.8, 4) is 11.1 Å². The maximum absolute atomic E-state index is 6.51. The largest absolute Gasteiger partial charge is 0.397 e. The molecule has 0 aromatic heterocycles. The third-order valence-corrected chi connectivity index (χ3v) is 8.49. The van der Waals surface area contributed by atoms with E-state index < -0.39 is 0 Å². The summed E-state index contributed by atoms with van der Waals surface area (Å²) in [6.45, 7) is 0.723. The van der Waals surface area contributed by atoms with Crippen LogP contribution >= 0.6 is 0 Å². The second-order valence-electron chi connectivity index (χ2n) is 10.8. The van der Waals surface area contributed by atoms with Crippen LogP contribution in [0.1, 0.15) is 11.6 Å². The normalized spacial score (nSPS) is 12.9. The van der Waals surface area contributed by atoms with Crippen molar-refractivity contribution in [3.63, 3.8) is 0 Å². The molecule has 1 heterocycles. The Morgan fingerprint density at radius 1 is 0.561 bits per heavy atom. The molecular weight excluding hydrogens is 498 g/mol. The van der Waals surface area contributed by atoms with Gasteiger partial charge in [-0.15, -0.1) is 0 Å². The molecule has 0 bridgehead atoms. The third-order valence-electron chi connectivity index (χ3n) is 8.49. The molecule has 0 saturated heterocycles. The van der Waals surface area contributed by atoms with Gasteiger partial charge in [-0.2, -0.15) is 0 Å². The monoisotopic (exact) mass is 527 g/mol. The van der Waals surface area contributed by atoms with Gasteiger partial charge in [0.25, 0.3) is 0 Å². The first-order valence-electron chi connectivity index (χ1n) is 14.2. The van der Waals surface area contributed by atoms with Gasteiger partial charge in [-0.3, -0.25) is 0 Å². The van der Waals surface area contributed by atoms with Crippen LogP contribution in [0.4, 0.5) is 22.7 Å². The van der Waals surface area contributed by atoms with Gasteiger partial charge in [-0.25, -0.2) is 0 Å². The summed E-state index contributed by atoms with van der Waals surface area (Å²) in [5, 5.41) is 11.5. The predicted octanol–water partition coefficient (Wildman–Crippen LogP) is 9.70. The minimum Gasteiger partial charge on any atom is -0.397 e. The average molecular weight is 528 g/mol. The second kappa shape index (κ2) is 9.42. The molecule has 1 unspecified atom stereocenters. The topological polar surface area (TPSA) is 41.3 Å². The summed E-state index contributed by atoms with van der Waals surface area (Å²) >= 11 is 0. The molecular formula is C38H29N3. The molecule has 0 amide bonds. The summed E-state index contributed by atoms with van der Waals surface area (Å²) in [6, 6.07) is 49.9. The molecule has 1 aliphatic heterocycles. The maximum atomic E-state index is 6.51. The zero-order chi connectivity index (χ0) is 27.3. The number of nitrogens with zero attached hydrogens (tertiary/aromatic N) is 1. The van der Waals surface area contributed by atoms with E-state index in [2.05, 4.69) is 132 Å². The van der Waals surface area contributed by atoms with Crippen LogP contribution in [0.25, 0.3) is 43.4 Å². The van der Waals surface area contributed by atoms with E-state index >= 15 is 0 Å². The molecule has 8 rings (SSSR count). The Kier molecular flexibility index (Phi) is 5.42. The molecule has 0 saturated carbocycles. The summed E-state index contributed by atoms with van der Waals surface area (Å²) in [7, 11) is 0. The molecule has 41 heavy (non-hydrogen) atoms. The first-order valence-corrected chi connectivity index (χ1v) is 14.2. The highest BCUT2D eigenvalue weighted by molar-refractivity contribution is 6.12. The molecule has 3 nitrogen and oxygen atoms in total. The number of nitrogens with two attached hydrogens (primary N) is 1. The number of nitrogens with one attached hydrogen (secondary N) is 1. The Bertz CT molecular complexity index is 2090. The molecule has 1 atom stereocenters. The fourth-order valence-electron chi connectivity index (χ4n) is 6.63. The molecule has 0 fully saturated rings. The van der Waals surface area contributed by atoms with Crippen molar-refractivity contribution in [2.75, 3.05) is 22.5 Å². The van der Waals surface area contributed by atoms with Gasteiger partial charge in [0.1, 0.15) is 0 Å². The van der Waals surface area contributed by atoms with E-state index in [9.17, 15) is 0 Å². The molecule has 3 N–H and O–H groups in total. The van der Waals surface area contributed by atoms with Crippen LogP contribution in [0.15, 0.2) is 140 Å². The van der Waals surface area contributed by atoms with Crippen LogP contribution in [0.5, 0.6) is 0 Å². The van der Waals surface area contributed by atoms with Gasteiger partial charge in [0.05, 0.1) is 17.4 Å². The molecule has 1 aliphatic rings. The van der Waals surface area contributed by atoms with Crippen LogP contribution in [-0.2, 0) is 0 Å². The Balaban J connectivity index is 1.36. The lowest BCUT2D eigenvalue weighted by Crippen LogP contribution is -2.30. The average Bonchev–Trinajstić information content (AvgIpc) is 3.03. The van der Waals surface area contributed by atoms with Crippen LogP contribution < -0.4 is 16.0 Å². The quantitative estimate of drug-likeness (QED) is 0.173. The van der Waals surface area contributed by atoms with Crippen LogP contribution in [0.3, 0.4) is 0 Å². The van der Waals surface area contributed by atoms with E-state index in [4.69, 9.17) is 5.73 Å². The van der Waals surface area contributed by atoms with Gasteiger partial charge in [0, 0.05) is 28.9 Å². The van der Waals surface area contributed by atoms with Crippen molar-refractivity contribution in [1.82, 2.24) is 0 Å². The minimum atomic E-state index is -0.0530. The number of nitrogen functional groups attached to an aromatic ring is 1. The summed E-state index contributed by atoms with van der Waals surface area (Å²) in [4.78, 5) is 2.49. The van der Waals surface area contributed by atoms with Crippen LogP contribution in [0.2, 0.25) is 0 Å². The number of benzene rings is 7. The molecule has 0 radical (unpaired) electrons. The van der Waals surface area contributed by atoms with Crippen molar-refractivity contribution in [2.45, 2.75) is 6.04 Å². The highest BCUT2D eigenvalue weighted by atomic mass is 15.2. The van der Waals surface area contributed by atoms with Gasteiger partial charge in [0.15, 0.2) is 0 Å². The molecule has 0 spiro atoms. The van der Waals surface area contributed by atoms with Crippen molar-refractivity contribution in [3.05, 3.63) is 145 Å². The lowest BCUT2D eigenvalue weighted by molar-refractivity contribution is 0.775. The standard InChI is InChI=1S/C38H29N3/c39-33-19-6-7-20-34(33)40-35(32-23-26-11-1-2-14-27(26)28-15-3-4-16-29(28)32)24-41-36-21-8-5-17-30(36)31-18-9-12-25-13-10-22-37(41)38(25)31/h1-23,35,40H,24,39H2. The van der Waals surface area contributed by atoms with Gasteiger partial charge >= 0.3 is 0 Å². The minimum absolute atomic E-state index is 0.0530. The van der Waals surface area contributed by atoms with Gasteiger partial charge in [0.2, 0.25) is 0 Å². The number of hydrogen-bond acceptors (Lipinski definition) is 3. The van der Waals surface area contributed by atoms with E-state index in [0.29, 0.717) is 0 Å². The van der Waals surface area contributed by atoms with E-state index in [0.717, 1.165) is 17.9 Å². The van der Waals surface area contributed by atoms with E-state index in [1.807, 2.05) is 18.2 Å². The van der Waals surface area contributed by atoms with Crippen molar-refractivity contribution >= 4 is 55.1 Å². The predicted molar refractivity (Wildman–Crippen MR) is 175 cm³/mol. The Morgan fingerprint density at radius 3 is 2.07 bits per heavy atom. The van der Waals surface area contributed by atoms with Gasteiger partial charge < -0.3 is 16.0 Å². The SMILES string of the molecule is Nc1ccccc1NC(CN1c2ccccc2-c2cccc3cccc1c23)c1cc2ccccc2c2ccccc12.